The van der Waals surface area contributed by atoms with Gasteiger partial charge >= 0.3 is 0 Å². The van der Waals surface area contributed by atoms with Crippen LogP contribution in [-0.2, 0) is 14.8 Å². The Morgan fingerprint density at radius 3 is 2.45 bits per heavy atom. The zero-order valence-corrected chi connectivity index (χ0v) is 16.6. The van der Waals surface area contributed by atoms with Gasteiger partial charge in [-0.05, 0) is 36.4 Å². The lowest BCUT2D eigenvalue weighted by Crippen LogP contribution is -2.41. The molecule has 0 spiro atoms. The van der Waals surface area contributed by atoms with Crippen LogP contribution in [0.15, 0.2) is 53.4 Å². The van der Waals surface area contributed by atoms with Crippen molar-refractivity contribution in [2.45, 2.75) is 11.0 Å². The van der Waals surface area contributed by atoms with Gasteiger partial charge in [0.15, 0.2) is 11.5 Å². The molecule has 2 aliphatic heterocycles. The normalized spacial score (nSPS) is 19.5. The molecule has 1 N–H and O–H groups in total. The van der Waals surface area contributed by atoms with E-state index < -0.39 is 10.0 Å². The predicted octanol–water partition coefficient (Wildman–Crippen LogP) is 1.28. The Morgan fingerprint density at radius 1 is 1.03 bits per heavy atom. The summed E-state index contributed by atoms with van der Waals surface area (Å²) in [4.78, 5) is 12.6. The van der Waals surface area contributed by atoms with Crippen molar-refractivity contribution in [3.8, 4) is 11.5 Å². The van der Waals surface area contributed by atoms with Crippen LogP contribution in [0.5, 0.6) is 11.5 Å². The Balaban J connectivity index is 1.35. The first kappa shape index (κ1) is 19.7. The highest BCUT2D eigenvalue weighted by Gasteiger charge is 2.26. The van der Waals surface area contributed by atoms with Crippen LogP contribution in [0.1, 0.15) is 10.4 Å². The summed E-state index contributed by atoms with van der Waals surface area (Å²) in [5.41, 5.74) is 0.378. The average molecular weight is 418 g/mol. The second kappa shape index (κ2) is 8.40. The van der Waals surface area contributed by atoms with Crippen molar-refractivity contribution in [2.24, 2.45) is 0 Å². The molecule has 0 bridgehead atoms. The van der Waals surface area contributed by atoms with Crippen LogP contribution in [0.25, 0.3) is 0 Å². The Labute approximate surface area is 169 Å². The third-order valence-electron chi connectivity index (χ3n) is 4.78. The van der Waals surface area contributed by atoms with E-state index in [9.17, 15) is 13.2 Å². The molecule has 1 atom stereocenters. The SMILES string of the molecule is O=C(NC[C@H]1COc2ccccc2O1)c1ccc(S(=O)(=O)N2CCOCC2)cc1. The second-order valence-corrected chi connectivity index (χ2v) is 8.69. The summed E-state index contributed by atoms with van der Waals surface area (Å²) < 4.78 is 43.3. The summed E-state index contributed by atoms with van der Waals surface area (Å²) >= 11 is 0. The molecule has 2 aliphatic rings. The van der Waals surface area contributed by atoms with E-state index in [1.54, 1.807) is 0 Å². The number of carbonyl (C=O) groups is 1. The molecule has 2 aromatic rings. The van der Waals surface area contributed by atoms with Crippen molar-refractivity contribution in [2.75, 3.05) is 39.5 Å². The second-order valence-electron chi connectivity index (χ2n) is 6.75. The molecule has 4 rings (SSSR count). The molecule has 0 saturated carbocycles. The van der Waals surface area contributed by atoms with Gasteiger partial charge in [0.1, 0.15) is 12.7 Å². The lowest BCUT2D eigenvalue weighted by molar-refractivity contribution is 0.0730. The highest BCUT2D eigenvalue weighted by molar-refractivity contribution is 7.89. The Hall–Kier alpha value is -2.62. The van der Waals surface area contributed by atoms with Gasteiger partial charge in [0.2, 0.25) is 10.0 Å². The maximum Gasteiger partial charge on any atom is 0.251 e. The zero-order chi connectivity index (χ0) is 20.3. The highest BCUT2D eigenvalue weighted by Crippen LogP contribution is 2.30. The van der Waals surface area contributed by atoms with Crippen molar-refractivity contribution >= 4 is 15.9 Å². The van der Waals surface area contributed by atoms with Gasteiger partial charge in [0.05, 0.1) is 24.7 Å². The molecule has 0 aromatic heterocycles. The first-order valence-electron chi connectivity index (χ1n) is 9.39. The molecular formula is C20H22N2O6S. The number of rotatable bonds is 5. The van der Waals surface area contributed by atoms with Gasteiger partial charge in [-0.1, -0.05) is 12.1 Å². The average Bonchev–Trinajstić information content (AvgIpc) is 2.78. The maximum atomic E-state index is 12.6. The van der Waals surface area contributed by atoms with Gasteiger partial charge in [0.25, 0.3) is 5.91 Å². The van der Waals surface area contributed by atoms with Gasteiger partial charge in [-0.2, -0.15) is 4.31 Å². The molecule has 8 nitrogen and oxygen atoms in total. The Morgan fingerprint density at radius 2 is 1.72 bits per heavy atom. The van der Waals surface area contributed by atoms with Crippen LogP contribution in [0.3, 0.4) is 0 Å². The number of nitrogens with one attached hydrogen (secondary N) is 1. The molecule has 1 amide bonds. The fourth-order valence-electron chi connectivity index (χ4n) is 3.19. The molecule has 0 unspecified atom stereocenters. The van der Waals surface area contributed by atoms with Crippen molar-refractivity contribution in [3.63, 3.8) is 0 Å². The monoisotopic (exact) mass is 418 g/mol. The molecule has 9 heteroatoms. The summed E-state index contributed by atoms with van der Waals surface area (Å²) in [7, 11) is -3.58. The molecule has 2 heterocycles. The van der Waals surface area contributed by atoms with Crippen molar-refractivity contribution in [3.05, 3.63) is 54.1 Å². The van der Waals surface area contributed by atoms with Crippen molar-refractivity contribution in [1.82, 2.24) is 9.62 Å². The summed E-state index contributed by atoms with van der Waals surface area (Å²) in [6.07, 6.45) is -0.296. The van der Waals surface area contributed by atoms with E-state index in [4.69, 9.17) is 14.2 Å². The van der Waals surface area contributed by atoms with Crippen LogP contribution in [0.4, 0.5) is 0 Å². The molecule has 154 valence electrons. The van der Waals surface area contributed by atoms with Crippen LogP contribution >= 0.6 is 0 Å². The van der Waals surface area contributed by atoms with Gasteiger partial charge in [-0.25, -0.2) is 8.42 Å². The molecule has 0 radical (unpaired) electrons. The van der Waals surface area contributed by atoms with Crippen LogP contribution in [0.2, 0.25) is 0 Å². The lowest BCUT2D eigenvalue weighted by atomic mass is 10.2. The number of ether oxygens (including phenoxy) is 3. The summed E-state index contributed by atoms with van der Waals surface area (Å²) in [5, 5.41) is 2.80. The molecule has 1 fully saturated rings. The van der Waals surface area contributed by atoms with E-state index in [1.165, 1.54) is 28.6 Å². The molecular weight excluding hydrogens is 396 g/mol. The minimum absolute atomic E-state index is 0.163. The summed E-state index contributed by atoms with van der Waals surface area (Å²) in [5.74, 6) is 1.03. The van der Waals surface area contributed by atoms with Gasteiger partial charge < -0.3 is 19.5 Å². The van der Waals surface area contributed by atoms with Crippen LogP contribution < -0.4 is 14.8 Å². The molecule has 2 aromatic carbocycles. The van der Waals surface area contributed by atoms with E-state index in [0.29, 0.717) is 50.0 Å². The van der Waals surface area contributed by atoms with Crippen molar-refractivity contribution < 1.29 is 27.4 Å². The number of benzene rings is 2. The number of hydrogen-bond donors (Lipinski definition) is 1. The lowest BCUT2D eigenvalue weighted by Gasteiger charge is -2.26. The standard InChI is InChI=1S/C20H22N2O6S/c23-20(21-13-16-14-27-18-3-1-2-4-19(18)28-16)15-5-7-17(8-6-15)29(24,25)22-9-11-26-12-10-22/h1-8,16H,9-14H2,(H,21,23)/t16-/m0/s1. The van der Waals surface area contributed by atoms with E-state index in [2.05, 4.69) is 5.32 Å². The van der Waals surface area contributed by atoms with Crippen LogP contribution in [0, 0.1) is 0 Å². The quantitative estimate of drug-likeness (QED) is 0.786. The number of amides is 1. The number of morpholine rings is 1. The molecule has 0 aliphatic carbocycles. The van der Waals surface area contributed by atoms with Gasteiger partial charge in [-0.15, -0.1) is 0 Å². The van der Waals surface area contributed by atoms with E-state index in [0.717, 1.165) is 0 Å². The van der Waals surface area contributed by atoms with E-state index in [1.807, 2.05) is 24.3 Å². The largest absolute Gasteiger partial charge is 0.486 e. The predicted molar refractivity (Wildman–Crippen MR) is 105 cm³/mol. The summed E-state index contributed by atoms with van der Waals surface area (Å²) in [6, 6.07) is 13.3. The number of para-hydroxylation sites is 2. The topological polar surface area (TPSA) is 94.2 Å². The minimum atomic E-state index is -3.58. The first-order chi connectivity index (χ1) is 14.0. The van der Waals surface area contributed by atoms with E-state index >= 15 is 0 Å². The van der Waals surface area contributed by atoms with Crippen LogP contribution in [-0.4, -0.2) is 64.2 Å². The first-order valence-corrected chi connectivity index (χ1v) is 10.8. The fourth-order valence-corrected chi connectivity index (χ4v) is 4.59. The zero-order valence-electron chi connectivity index (χ0n) is 15.7. The fraction of sp³-hybridized carbons (Fsp3) is 0.350. The van der Waals surface area contributed by atoms with E-state index in [-0.39, 0.29) is 23.5 Å². The number of fused-ring (bicyclic) bond motifs is 1. The van der Waals surface area contributed by atoms with Gasteiger partial charge in [0, 0.05) is 18.7 Å². The third kappa shape index (κ3) is 4.36. The molecule has 29 heavy (non-hydrogen) atoms. The van der Waals surface area contributed by atoms with Crippen molar-refractivity contribution in [1.29, 1.82) is 0 Å². The van der Waals surface area contributed by atoms with Gasteiger partial charge in [-0.3, -0.25) is 4.79 Å². The summed E-state index contributed by atoms with van der Waals surface area (Å²) in [6.45, 7) is 2.05. The Bertz CT molecular complexity index is 971. The number of carbonyl (C=O) groups excluding carboxylic acids is 1. The molecule has 1 saturated heterocycles. The smallest absolute Gasteiger partial charge is 0.251 e. The minimum Gasteiger partial charge on any atom is -0.486 e. The Kier molecular flexibility index (Phi) is 5.70. The number of sulfonamides is 1. The third-order valence-corrected chi connectivity index (χ3v) is 6.70. The maximum absolute atomic E-state index is 12.6. The number of hydrogen-bond acceptors (Lipinski definition) is 6. The highest BCUT2D eigenvalue weighted by atomic mass is 32.2. The number of nitrogens with zero attached hydrogens (tertiary/aromatic N) is 1.